The molecular weight excluding hydrogens is 277 g/mol. The average Bonchev–Trinajstić information content (AvgIpc) is 2.44. The maximum Gasteiger partial charge on any atom is 0.491 e. The lowest BCUT2D eigenvalue weighted by Crippen LogP contribution is -2.48. The molecule has 1 fully saturated rings. The molecule has 1 heterocycles. The van der Waals surface area contributed by atoms with Gasteiger partial charge in [0.05, 0.1) is 0 Å². The van der Waals surface area contributed by atoms with Crippen LogP contribution in [0.5, 0.6) is 0 Å². The molecule has 1 saturated heterocycles. The van der Waals surface area contributed by atoms with Gasteiger partial charge >= 0.3 is 7.12 Å². The van der Waals surface area contributed by atoms with Gasteiger partial charge in [-0.25, -0.2) is 8.78 Å². The van der Waals surface area contributed by atoms with Crippen molar-refractivity contribution in [3.63, 3.8) is 0 Å². The highest BCUT2D eigenvalue weighted by Crippen LogP contribution is 2.15. The van der Waals surface area contributed by atoms with E-state index in [1.807, 2.05) is 0 Å². The Morgan fingerprint density at radius 2 is 1.71 bits per heavy atom. The molecular formula is C14H21BF2N2O2. The van der Waals surface area contributed by atoms with Crippen molar-refractivity contribution >= 4 is 12.6 Å². The second-order valence-corrected chi connectivity index (χ2v) is 5.72. The molecule has 0 bridgehead atoms. The van der Waals surface area contributed by atoms with E-state index in [1.54, 1.807) is 0 Å². The van der Waals surface area contributed by atoms with Crippen LogP contribution in [-0.2, 0) is 6.54 Å². The van der Waals surface area contributed by atoms with E-state index in [0.717, 1.165) is 26.2 Å². The van der Waals surface area contributed by atoms with E-state index in [2.05, 4.69) is 23.6 Å². The highest BCUT2D eigenvalue weighted by Gasteiger charge is 2.24. The number of hydrogen-bond donors (Lipinski definition) is 2. The number of piperazine rings is 1. The van der Waals surface area contributed by atoms with Gasteiger partial charge in [-0.05, 0) is 13.8 Å². The van der Waals surface area contributed by atoms with Gasteiger partial charge in [-0.15, -0.1) is 0 Å². The van der Waals surface area contributed by atoms with Crippen molar-refractivity contribution in [2.24, 2.45) is 0 Å². The lowest BCUT2D eigenvalue weighted by atomic mass is 9.79. The van der Waals surface area contributed by atoms with Crippen LogP contribution in [-0.4, -0.2) is 59.2 Å². The summed E-state index contributed by atoms with van der Waals surface area (Å²) in [6.45, 7) is 8.06. The molecule has 2 N–H and O–H groups in total. The Morgan fingerprint density at radius 1 is 1.10 bits per heavy atom. The molecule has 0 atom stereocenters. The van der Waals surface area contributed by atoms with Crippen LogP contribution in [0.4, 0.5) is 8.78 Å². The van der Waals surface area contributed by atoms with Crippen molar-refractivity contribution in [3.05, 3.63) is 29.3 Å². The smallest absolute Gasteiger partial charge is 0.423 e. The maximum absolute atomic E-state index is 13.9. The summed E-state index contributed by atoms with van der Waals surface area (Å²) in [5.41, 5.74) is -0.184. The van der Waals surface area contributed by atoms with Crippen LogP contribution in [0, 0.1) is 11.6 Å². The van der Waals surface area contributed by atoms with Gasteiger partial charge in [0.15, 0.2) is 11.6 Å². The Balaban J connectivity index is 2.03. The van der Waals surface area contributed by atoms with Crippen molar-refractivity contribution in [3.8, 4) is 0 Å². The predicted molar refractivity (Wildman–Crippen MR) is 78.2 cm³/mol. The largest absolute Gasteiger partial charge is 0.491 e. The molecule has 0 saturated carbocycles. The lowest BCUT2D eigenvalue weighted by molar-refractivity contribution is 0.103. The van der Waals surface area contributed by atoms with Gasteiger partial charge in [-0.2, -0.15) is 0 Å². The Kier molecular flexibility index (Phi) is 5.32. The van der Waals surface area contributed by atoms with Crippen LogP contribution in [0.15, 0.2) is 12.1 Å². The molecule has 0 radical (unpaired) electrons. The first-order valence-electron chi connectivity index (χ1n) is 7.19. The fourth-order valence-electron chi connectivity index (χ4n) is 2.60. The van der Waals surface area contributed by atoms with Crippen molar-refractivity contribution < 1.29 is 18.8 Å². The predicted octanol–water partition coefficient (Wildman–Crippen LogP) is 0.171. The zero-order chi connectivity index (χ0) is 15.6. The van der Waals surface area contributed by atoms with E-state index in [4.69, 9.17) is 10.0 Å². The van der Waals surface area contributed by atoms with Crippen LogP contribution in [0.3, 0.4) is 0 Å². The topological polar surface area (TPSA) is 46.9 Å². The fourth-order valence-corrected chi connectivity index (χ4v) is 2.60. The van der Waals surface area contributed by atoms with E-state index in [1.165, 1.54) is 12.1 Å². The van der Waals surface area contributed by atoms with Gasteiger partial charge < -0.3 is 10.0 Å². The molecule has 7 heteroatoms. The molecule has 1 aromatic rings. The normalized spacial score (nSPS) is 17.5. The molecule has 4 nitrogen and oxygen atoms in total. The Labute approximate surface area is 124 Å². The molecule has 0 amide bonds. The van der Waals surface area contributed by atoms with Crippen LogP contribution < -0.4 is 5.46 Å². The first kappa shape index (κ1) is 16.4. The second-order valence-electron chi connectivity index (χ2n) is 5.72. The van der Waals surface area contributed by atoms with Crippen LogP contribution in [0.25, 0.3) is 0 Å². The third-order valence-electron chi connectivity index (χ3n) is 4.00. The van der Waals surface area contributed by atoms with Gasteiger partial charge in [-0.3, -0.25) is 9.80 Å². The van der Waals surface area contributed by atoms with Crippen LogP contribution in [0.1, 0.15) is 19.4 Å². The average molecular weight is 298 g/mol. The first-order valence-corrected chi connectivity index (χ1v) is 7.19. The summed E-state index contributed by atoms with van der Waals surface area (Å²) in [6, 6.07) is 3.14. The molecule has 0 aromatic heterocycles. The van der Waals surface area contributed by atoms with Crippen LogP contribution in [0.2, 0.25) is 0 Å². The Morgan fingerprint density at radius 3 is 2.24 bits per heavy atom. The van der Waals surface area contributed by atoms with E-state index in [9.17, 15) is 8.78 Å². The Hall–Kier alpha value is -1.02. The van der Waals surface area contributed by atoms with Gasteiger partial charge in [-0.1, -0.05) is 12.1 Å². The summed E-state index contributed by atoms with van der Waals surface area (Å²) in [5, 5.41) is 17.9. The molecule has 2 rings (SSSR count). The number of nitrogens with zero attached hydrogens (tertiary/aromatic N) is 2. The maximum atomic E-state index is 13.9. The number of rotatable bonds is 4. The molecule has 0 spiro atoms. The zero-order valence-corrected chi connectivity index (χ0v) is 12.4. The summed E-state index contributed by atoms with van der Waals surface area (Å²) in [5.74, 6) is -2.17. The standard InChI is InChI=1S/C14H21BF2N2O2/c1-10(2)19-7-5-18(6-8-19)9-11-3-4-12(15(20)21)14(17)13(11)16/h3-4,10,20-21H,5-9H2,1-2H3. The molecule has 21 heavy (non-hydrogen) atoms. The number of hydrogen-bond acceptors (Lipinski definition) is 4. The molecule has 116 valence electrons. The molecule has 1 aromatic carbocycles. The Bertz CT molecular complexity index is 492. The lowest BCUT2D eigenvalue weighted by Gasteiger charge is -2.37. The zero-order valence-electron chi connectivity index (χ0n) is 12.4. The van der Waals surface area contributed by atoms with Crippen molar-refractivity contribution in [2.45, 2.75) is 26.4 Å². The van der Waals surface area contributed by atoms with E-state index < -0.39 is 24.2 Å². The second kappa shape index (κ2) is 6.83. The van der Waals surface area contributed by atoms with Crippen molar-refractivity contribution in [1.82, 2.24) is 9.80 Å². The SMILES string of the molecule is CC(C)N1CCN(Cc2ccc(B(O)O)c(F)c2F)CC1. The molecule has 0 unspecified atom stereocenters. The summed E-state index contributed by atoms with van der Waals surface area (Å²) in [4.78, 5) is 4.42. The third-order valence-corrected chi connectivity index (χ3v) is 4.00. The van der Waals surface area contributed by atoms with Gasteiger partial charge in [0.25, 0.3) is 0 Å². The van der Waals surface area contributed by atoms with E-state index in [0.29, 0.717) is 12.6 Å². The number of halogens is 2. The highest BCUT2D eigenvalue weighted by molar-refractivity contribution is 6.58. The van der Waals surface area contributed by atoms with E-state index in [-0.39, 0.29) is 5.56 Å². The minimum absolute atomic E-state index is 0.245. The first-order chi connectivity index (χ1) is 9.90. The fraction of sp³-hybridized carbons (Fsp3) is 0.571. The minimum atomic E-state index is -2.00. The highest BCUT2D eigenvalue weighted by atomic mass is 19.2. The van der Waals surface area contributed by atoms with Gasteiger partial charge in [0, 0.05) is 49.8 Å². The van der Waals surface area contributed by atoms with Gasteiger partial charge in [0.2, 0.25) is 0 Å². The van der Waals surface area contributed by atoms with Crippen molar-refractivity contribution in [2.75, 3.05) is 26.2 Å². The summed E-state index contributed by atoms with van der Waals surface area (Å²) >= 11 is 0. The molecule has 0 aliphatic carbocycles. The number of benzene rings is 1. The van der Waals surface area contributed by atoms with Crippen LogP contribution >= 0.6 is 0 Å². The minimum Gasteiger partial charge on any atom is -0.423 e. The summed E-state index contributed by atoms with van der Waals surface area (Å²) in [7, 11) is -2.00. The molecule has 1 aliphatic heterocycles. The van der Waals surface area contributed by atoms with E-state index >= 15 is 0 Å². The summed E-state index contributed by atoms with van der Waals surface area (Å²) < 4.78 is 27.7. The van der Waals surface area contributed by atoms with Gasteiger partial charge in [0.1, 0.15) is 0 Å². The summed E-state index contributed by atoms with van der Waals surface area (Å²) in [6.07, 6.45) is 0. The molecule has 1 aliphatic rings. The monoisotopic (exact) mass is 298 g/mol. The van der Waals surface area contributed by atoms with Crippen molar-refractivity contribution in [1.29, 1.82) is 0 Å². The quantitative estimate of drug-likeness (QED) is 0.778. The third kappa shape index (κ3) is 3.80.